The quantitative estimate of drug-likeness (QED) is 0.680. The van der Waals surface area contributed by atoms with Crippen LogP contribution in [0, 0.1) is 0 Å². The highest BCUT2D eigenvalue weighted by atomic mass is 16.5. The third kappa shape index (κ3) is 4.14. The number of hydrogen-bond acceptors (Lipinski definition) is 5. The summed E-state index contributed by atoms with van der Waals surface area (Å²) in [5.41, 5.74) is 1.29. The van der Waals surface area contributed by atoms with Crippen LogP contribution in [0.4, 0.5) is 0 Å². The lowest BCUT2D eigenvalue weighted by atomic mass is 10.1. The number of H-pyrrole nitrogens is 1. The van der Waals surface area contributed by atoms with E-state index in [1.165, 1.54) is 0 Å². The smallest absolute Gasteiger partial charge is 0.258 e. The Morgan fingerprint density at radius 2 is 1.89 bits per heavy atom. The molecule has 0 aliphatic carbocycles. The molecular formula is C21H23N3O4. The number of aryl methyl sites for hydroxylation is 1. The van der Waals surface area contributed by atoms with Gasteiger partial charge in [0.25, 0.3) is 5.56 Å². The summed E-state index contributed by atoms with van der Waals surface area (Å²) in [6.07, 6.45) is 0.600. The normalized spacial score (nSPS) is 10.7. The number of hydrogen-bond donors (Lipinski definition) is 1. The summed E-state index contributed by atoms with van der Waals surface area (Å²) in [4.78, 5) is 33.5. The van der Waals surface area contributed by atoms with Gasteiger partial charge in [-0.25, -0.2) is 4.98 Å². The highest BCUT2D eigenvalue weighted by molar-refractivity contribution is 5.78. The van der Waals surface area contributed by atoms with Crippen LogP contribution in [0.1, 0.15) is 17.8 Å². The average Bonchev–Trinajstić information content (AvgIpc) is 2.71. The zero-order valence-corrected chi connectivity index (χ0v) is 16.2. The van der Waals surface area contributed by atoms with Crippen LogP contribution in [0.3, 0.4) is 0 Å². The molecular weight excluding hydrogens is 358 g/mol. The van der Waals surface area contributed by atoms with Crippen molar-refractivity contribution in [2.75, 3.05) is 21.3 Å². The van der Waals surface area contributed by atoms with Crippen LogP contribution in [0.5, 0.6) is 11.5 Å². The number of benzene rings is 2. The van der Waals surface area contributed by atoms with E-state index >= 15 is 0 Å². The van der Waals surface area contributed by atoms with E-state index < -0.39 is 0 Å². The summed E-state index contributed by atoms with van der Waals surface area (Å²) in [6.45, 7) is 0.390. The van der Waals surface area contributed by atoms with E-state index in [1.54, 1.807) is 44.4 Å². The first-order valence-electron chi connectivity index (χ1n) is 8.95. The molecule has 3 aromatic rings. The molecule has 1 heterocycles. The molecule has 0 radical (unpaired) electrons. The molecule has 1 N–H and O–H groups in total. The Kier molecular flexibility index (Phi) is 5.93. The summed E-state index contributed by atoms with van der Waals surface area (Å²) in [5, 5.41) is 0.541. The molecule has 0 aliphatic rings. The first-order valence-corrected chi connectivity index (χ1v) is 8.95. The lowest BCUT2D eigenvalue weighted by Gasteiger charge is -2.20. The number of nitrogens with one attached hydrogen (secondary N) is 1. The molecule has 0 spiro atoms. The van der Waals surface area contributed by atoms with E-state index in [2.05, 4.69) is 9.97 Å². The van der Waals surface area contributed by atoms with Gasteiger partial charge in [-0.05, 0) is 18.2 Å². The summed E-state index contributed by atoms with van der Waals surface area (Å²) in [5.74, 6) is 1.69. The number of rotatable bonds is 7. The van der Waals surface area contributed by atoms with Gasteiger partial charge in [-0.3, -0.25) is 9.59 Å². The van der Waals surface area contributed by atoms with Gasteiger partial charge >= 0.3 is 0 Å². The van der Waals surface area contributed by atoms with Crippen LogP contribution in [0.15, 0.2) is 47.3 Å². The molecule has 2 aromatic carbocycles. The first kappa shape index (κ1) is 19.4. The monoisotopic (exact) mass is 381 g/mol. The Bertz CT molecular complexity index is 1050. The zero-order chi connectivity index (χ0) is 20.1. The fourth-order valence-corrected chi connectivity index (χ4v) is 3.09. The van der Waals surface area contributed by atoms with Gasteiger partial charge in [0.1, 0.15) is 5.82 Å². The Morgan fingerprint density at radius 1 is 1.11 bits per heavy atom. The minimum absolute atomic E-state index is 0.0549. The third-order valence-corrected chi connectivity index (χ3v) is 4.56. The minimum Gasteiger partial charge on any atom is -0.493 e. The van der Waals surface area contributed by atoms with Crippen molar-refractivity contribution in [1.29, 1.82) is 0 Å². The van der Waals surface area contributed by atoms with Gasteiger partial charge in [0.2, 0.25) is 5.91 Å². The van der Waals surface area contributed by atoms with Crippen molar-refractivity contribution in [3.8, 4) is 11.5 Å². The molecule has 0 unspecified atom stereocenters. The van der Waals surface area contributed by atoms with Crippen LogP contribution in [-0.2, 0) is 17.8 Å². The predicted molar refractivity (Wildman–Crippen MR) is 107 cm³/mol. The summed E-state index contributed by atoms with van der Waals surface area (Å²) >= 11 is 0. The fraction of sp³-hybridized carbons (Fsp3) is 0.286. The highest BCUT2D eigenvalue weighted by Gasteiger charge is 2.15. The van der Waals surface area contributed by atoms with Crippen LogP contribution in [0.2, 0.25) is 0 Å². The van der Waals surface area contributed by atoms with E-state index in [0.717, 1.165) is 5.56 Å². The molecule has 1 aromatic heterocycles. The van der Waals surface area contributed by atoms with Crippen molar-refractivity contribution in [1.82, 2.24) is 14.9 Å². The maximum Gasteiger partial charge on any atom is 0.258 e. The number of amides is 1. The number of nitrogens with zero attached hydrogens (tertiary/aromatic N) is 2. The van der Waals surface area contributed by atoms with Crippen LogP contribution in [-0.4, -0.2) is 42.0 Å². The van der Waals surface area contributed by atoms with E-state index in [4.69, 9.17) is 9.47 Å². The molecule has 28 heavy (non-hydrogen) atoms. The molecule has 0 saturated heterocycles. The number of methoxy groups -OCH3 is 2. The summed E-state index contributed by atoms with van der Waals surface area (Å²) < 4.78 is 10.7. The summed E-state index contributed by atoms with van der Waals surface area (Å²) in [6, 6.07) is 12.7. The Balaban J connectivity index is 1.68. The number of para-hydroxylation sites is 2. The number of aromatic amines is 1. The largest absolute Gasteiger partial charge is 0.493 e. The molecule has 3 rings (SSSR count). The fourth-order valence-electron chi connectivity index (χ4n) is 3.09. The first-order chi connectivity index (χ1) is 13.5. The van der Waals surface area contributed by atoms with Gasteiger partial charge in [-0.2, -0.15) is 0 Å². The van der Waals surface area contributed by atoms with Gasteiger partial charge in [0.05, 0.1) is 25.1 Å². The molecule has 1 amide bonds. The molecule has 0 saturated carbocycles. The van der Waals surface area contributed by atoms with Gasteiger partial charge in [-0.15, -0.1) is 0 Å². The Morgan fingerprint density at radius 3 is 2.64 bits per heavy atom. The topological polar surface area (TPSA) is 84.5 Å². The molecule has 0 atom stereocenters. The molecule has 0 bridgehead atoms. The lowest BCUT2D eigenvalue weighted by Crippen LogP contribution is -2.27. The van der Waals surface area contributed by atoms with Crippen molar-refractivity contribution in [3.05, 3.63) is 64.2 Å². The van der Waals surface area contributed by atoms with Crippen molar-refractivity contribution in [2.45, 2.75) is 19.4 Å². The second-order valence-corrected chi connectivity index (χ2v) is 6.43. The van der Waals surface area contributed by atoms with Gasteiger partial charge in [0.15, 0.2) is 11.5 Å². The van der Waals surface area contributed by atoms with Crippen molar-refractivity contribution in [2.24, 2.45) is 0 Å². The van der Waals surface area contributed by atoms with Crippen molar-refractivity contribution in [3.63, 3.8) is 0 Å². The van der Waals surface area contributed by atoms with E-state index in [-0.39, 0.29) is 17.9 Å². The zero-order valence-electron chi connectivity index (χ0n) is 16.2. The number of carbonyl (C=O) groups is 1. The number of carbonyl (C=O) groups excluding carboxylic acids is 1. The second-order valence-electron chi connectivity index (χ2n) is 6.43. The molecule has 7 heteroatoms. The lowest BCUT2D eigenvalue weighted by molar-refractivity contribution is -0.130. The third-order valence-electron chi connectivity index (χ3n) is 4.56. The molecule has 0 fully saturated rings. The van der Waals surface area contributed by atoms with E-state index in [9.17, 15) is 9.59 Å². The average molecular weight is 381 g/mol. The highest BCUT2D eigenvalue weighted by Crippen LogP contribution is 2.31. The second kappa shape index (κ2) is 8.56. The maximum absolute atomic E-state index is 12.6. The van der Waals surface area contributed by atoms with Crippen LogP contribution in [0.25, 0.3) is 10.9 Å². The van der Waals surface area contributed by atoms with E-state index in [0.29, 0.717) is 41.2 Å². The molecule has 146 valence electrons. The van der Waals surface area contributed by atoms with Crippen LogP contribution < -0.4 is 15.0 Å². The van der Waals surface area contributed by atoms with Crippen molar-refractivity contribution >= 4 is 16.8 Å². The van der Waals surface area contributed by atoms with E-state index in [1.807, 2.05) is 24.3 Å². The minimum atomic E-state index is -0.192. The standard InChI is InChI=1S/C21H23N3O4/c1-24(13-14-7-6-10-17(27-2)20(14)28-3)19(25)12-11-18-22-16-9-5-4-8-15(16)21(26)23-18/h4-10H,11-13H2,1-3H3,(H,22,23,26). The van der Waals surface area contributed by atoms with Gasteiger partial charge < -0.3 is 19.4 Å². The molecule has 0 aliphatic heterocycles. The SMILES string of the molecule is COc1cccc(CN(C)C(=O)CCc2nc3ccccc3c(=O)[nH]2)c1OC. The van der Waals surface area contributed by atoms with Gasteiger partial charge in [0, 0.05) is 32.0 Å². The maximum atomic E-state index is 12.6. The van der Waals surface area contributed by atoms with Crippen LogP contribution >= 0.6 is 0 Å². The molecule has 7 nitrogen and oxygen atoms in total. The number of fused-ring (bicyclic) bond motifs is 1. The summed E-state index contributed by atoms with van der Waals surface area (Å²) in [7, 11) is 4.89. The number of aromatic nitrogens is 2. The van der Waals surface area contributed by atoms with Crippen molar-refractivity contribution < 1.29 is 14.3 Å². The Labute approximate surface area is 162 Å². The predicted octanol–water partition coefficient (Wildman–Crippen LogP) is 2.53. The Hall–Kier alpha value is -3.35. The number of ether oxygens (including phenoxy) is 2. The van der Waals surface area contributed by atoms with Gasteiger partial charge in [-0.1, -0.05) is 24.3 Å².